The first-order valence-corrected chi connectivity index (χ1v) is 7.46. The molecule has 1 saturated heterocycles. The highest BCUT2D eigenvalue weighted by Crippen LogP contribution is 2.47. The first-order chi connectivity index (χ1) is 9.44. The summed E-state index contributed by atoms with van der Waals surface area (Å²) in [6.45, 7) is 4.26. The van der Waals surface area contributed by atoms with Crippen LogP contribution >= 0.6 is 11.3 Å². The van der Waals surface area contributed by atoms with Crippen LogP contribution in [0, 0.1) is 11.3 Å². The summed E-state index contributed by atoms with van der Waals surface area (Å²) in [5.74, 6) is 0.677. The average Bonchev–Trinajstić information content (AvgIpc) is 2.97. The van der Waals surface area contributed by atoms with Crippen LogP contribution in [0.15, 0.2) is 6.07 Å². The molecule has 2 aliphatic rings. The second-order valence-electron chi connectivity index (χ2n) is 5.74. The van der Waals surface area contributed by atoms with Crippen LogP contribution in [-0.4, -0.2) is 34.2 Å². The van der Waals surface area contributed by atoms with Crippen LogP contribution in [0.1, 0.15) is 42.5 Å². The first kappa shape index (κ1) is 13.4. The number of thiophene rings is 1. The minimum Gasteiger partial charge on any atom is -0.484 e. The van der Waals surface area contributed by atoms with Crippen molar-refractivity contribution in [1.82, 2.24) is 4.90 Å². The number of aliphatic hydroxyl groups excluding tert-OH is 1. The number of rotatable bonds is 1. The van der Waals surface area contributed by atoms with Crippen molar-refractivity contribution in [3.05, 3.63) is 15.8 Å². The van der Waals surface area contributed by atoms with Gasteiger partial charge in [-0.15, -0.1) is 11.3 Å². The molecule has 3 rings (SSSR count). The highest BCUT2D eigenvalue weighted by atomic mass is 32.1. The smallest absolute Gasteiger partial charge is 0.223 e. The van der Waals surface area contributed by atoms with Crippen molar-refractivity contribution in [2.75, 3.05) is 6.54 Å². The van der Waals surface area contributed by atoms with Crippen molar-refractivity contribution < 1.29 is 14.6 Å². The molecule has 0 bridgehead atoms. The van der Waals surface area contributed by atoms with Crippen LogP contribution in [0.4, 0.5) is 0 Å². The number of nitriles is 1. The van der Waals surface area contributed by atoms with Gasteiger partial charge in [0.15, 0.2) is 0 Å². The lowest BCUT2D eigenvalue weighted by molar-refractivity contribution is -0.139. The number of hydrogen-bond donors (Lipinski definition) is 1. The van der Waals surface area contributed by atoms with Gasteiger partial charge < -0.3 is 14.7 Å². The monoisotopic (exact) mass is 292 g/mol. The molecule has 1 aromatic heterocycles. The molecule has 1 fully saturated rings. The quantitative estimate of drug-likeness (QED) is 0.856. The van der Waals surface area contributed by atoms with Crippen molar-refractivity contribution in [2.45, 2.75) is 44.4 Å². The Bertz CT molecular complexity index is 602. The van der Waals surface area contributed by atoms with E-state index in [-0.39, 0.29) is 5.91 Å². The Morgan fingerprint density at radius 2 is 2.35 bits per heavy atom. The van der Waals surface area contributed by atoms with Gasteiger partial charge in [0.05, 0.1) is 10.9 Å². The highest BCUT2D eigenvalue weighted by molar-refractivity contribution is 7.13. The van der Waals surface area contributed by atoms with E-state index in [2.05, 4.69) is 6.07 Å². The molecule has 0 unspecified atom stereocenters. The van der Waals surface area contributed by atoms with E-state index in [4.69, 9.17) is 10.00 Å². The molecule has 0 aliphatic carbocycles. The predicted octanol–water partition coefficient (Wildman–Crippen LogP) is 1.82. The van der Waals surface area contributed by atoms with Gasteiger partial charge in [0.25, 0.3) is 0 Å². The topological polar surface area (TPSA) is 73.6 Å². The Morgan fingerprint density at radius 3 is 2.95 bits per heavy atom. The van der Waals surface area contributed by atoms with Crippen LogP contribution in [-0.2, 0) is 4.79 Å². The molecule has 2 aliphatic heterocycles. The summed E-state index contributed by atoms with van der Waals surface area (Å²) >= 11 is 1.30. The maximum absolute atomic E-state index is 12.0. The van der Waals surface area contributed by atoms with Gasteiger partial charge >= 0.3 is 0 Å². The van der Waals surface area contributed by atoms with E-state index in [1.807, 2.05) is 0 Å². The van der Waals surface area contributed by atoms with E-state index in [0.717, 1.165) is 11.3 Å². The van der Waals surface area contributed by atoms with E-state index in [1.54, 1.807) is 24.8 Å². The van der Waals surface area contributed by atoms with Gasteiger partial charge in [-0.05, 0) is 20.3 Å². The van der Waals surface area contributed by atoms with Gasteiger partial charge in [0.1, 0.15) is 28.4 Å². The van der Waals surface area contributed by atoms with Gasteiger partial charge in [-0.1, -0.05) is 0 Å². The fraction of sp³-hybridized carbons (Fsp3) is 0.571. The maximum atomic E-state index is 12.0. The highest BCUT2D eigenvalue weighted by Gasteiger charge is 2.48. The lowest BCUT2D eigenvalue weighted by Crippen LogP contribution is -2.53. The summed E-state index contributed by atoms with van der Waals surface area (Å²) in [5, 5.41) is 19.7. The fourth-order valence-corrected chi connectivity index (χ4v) is 3.90. The van der Waals surface area contributed by atoms with Crippen molar-refractivity contribution in [3.8, 4) is 11.8 Å². The van der Waals surface area contributed by atoms with Crippen LogP contribution in [0.2, 0.25) is 0 Å². The SMILES string of the molecule is CC1(C)Oc2cc(C#N)sc2[C@@H](N2CCCC2=O)[C@@H]1O. The lowest BCUT2D eigenvalue weighted by atomic mass is 9.90. The Labute approximate surface area is 121 Å². The third kappa shape index (κ3) is 1.89. The lowest BCUT2D eigenvalue weighted by Gasteiger charge is -2.43. The minimum atomic E-state index is -0.803. The fourth-order valence-electron chi connectivity index (χ4n) is 2.87. The number of carbonyl (C=O) groups is 1. The molecule has 0 radical (unpaired) electrons. The largest absolute Gasteiger partial charge is 0.484 e. The Balaban J connectivity index is 2.09. The molecule has 1 aromatic rings. The molecule has 20 heavy (non-hydrogen) atoms. The number of hydrogen-bond acceptors (Lipinski definition) is 5. The van der Waals surface area contributed by atoms with E-state index in [1.165, 1.54) is 11.3 Å². The number of ether oxygens (including phenoxy) is 1. The average molecular weight is 292 g/mol. The van der Waals surface area contributed by atoms with Gasteiger partial charge in [0.2, 0.25) is 5.91 Å². The molecule has 6 heteroatoms. The summed E-state index contributed by atoms with van der Waals surface area (Å²) in [7, 11) is 0. The minimum absolute atomic E-state index is 0.0598. The predicted molar refractivity (Wildman–Crippen MR) is 73.4 cm³/mol. The summed E-state index contributed by atoms with van der Waals surface area (Å²) < 4.78 is 5.81. The third-order valence-corrected chi connectivity index (χ3v) is 5.03. The van der Waals surface area contributed by atoms with Crippen molar-refractivity contribution >= 4 is 17.2 Å². The Kier molecular flexibility index (Phi) is 3.00. The molecule has 3 heterocycles. The molecule has 1 amide bonds. The standard InChI is InChI=1S/C14H16N2O3S/c1-14(2)13(18)11(16-5-3-4-10(16)17)12-9(19-14)6-8(7-15)20-12/h6,11,13,18H,3-5H2,1-2H3/t11-,13+/m1/s1. The maximum Gasteiger partial charge on any atom is 0.223 e. The normalized spacial score (nSPS) is 27.9. The molecule has 106 valence electrons. The molecular formula is C14H16N2O3S. The number of carbonyl (C=O) groups excluding carboxylic acids is 1. The molecule has 1 N–H and O–H groups in total. The number of aliphatic hydroxyl groups is 1. The van der Waals surface area contributed by atoms with Gasteiger partial charge in [-0.2, -0.15) is 5.26 Å². The Hall–Kier alpha value is -1.58. The molecule has 5 nitrogen and oxygen atoms in total. The second-order valence-corrected chi connectivity index (χ2v) is 6.82. The van der Waals surface area contributed by atoms with E-state index >= 15 is 0 Å². The molecule has 0 aromatic carbocycles. The summed E-state index contributed by atoms with van der Waals surface area (Å²) in [5.41, 5.74) is -0.783. The zero-order valence-corrected chi connectivity index (χ0v) is 12.2. The third-order valence-electron chi connectivity index (χ3n) is 3.93. The zero-order valence-electron chi connectivity index (χ0n) is 11.4. The van der Waals surface area contributed by atoms with Crippen molar-refractivity contribution in [3.63, 3.8) is 0 Å². The van der Waals surface area contributed by atoms with Gasteiger partial charge in [0, 0.05) is 19.0 Å². The number of fused-ring (bicyclic) bond motifs is 1. The molecular weight excluding hydrogens is 276 g/mol. The summed E-state index contributed by atoms with van der Waals surface area (Å²) in [6, 6.07) is 3.39. The van der Waals surface area contributed by atoms with Crippen molar-refractivity contribution in [2.24, 2.45) is 0 Å². The van der Waals surface area contributed by atoms with Crippen LogP contribution < -0.4 is 4.74 Å². The Morgan fingerprint density at radius 1 is 1.60 bits per heavy atom. The van der Waals surface area contributed by atoms with Gasteiger partial charge in [-0.3, -0.25) is 4.79 Å². The summed E-state index contributed by atoms with van der Waals surface area (Å²) in [6.07, 6.45) is 0.535. The number of nitrogens with zero attached hydrogens (tertiary/aromatic N) is 2. The summed E-state index contributed by atoms with van der Waals surface area (Å²) in [4.78, 5) is 15.1. The van der Waals surface area contributed by atoms with E-state index in [9.17, 15) is 9.90 Å². The molecule has 2 atom stereocenters. The van der Waals surface area contributed by atoms with Crippen LogP contribution in [0.3, 0.4) is 0 Å². The van der Waals surface area contributed by atoms with Crippen LogP contribution in [0.25, 0.3) is 0 Å². The van der Waals surface area contributed by atoms with Gasteiger partial charge in [-0.25, -0.2) is 0 Å². The molecule has 0 saturated carbocycles. The number of likely N-dealkylation sites (tertiary alicyclic amines) is 1. The first-order valence-electron chi connectivity index (χ1n) is 6.64. The zero-order chi connectivity index (χ0) is 14.5. The number of amides is 1. The molecule has 0 spiro atoms. The van der Waals surface area contributed by atoms with E-state index in [0.29, 0.717) is 23.6 Å². The van der Waals surface area contributed by atoms with E-state index < -0.39 is 17.7 Å². The van der Waals surface area contributed by atoms with Crippen LogP contribution in [0.5, 0.6) is 5.75 Å². The second kappa shape index (κ2) is 4.47. The van der Waals surface area contributed by atoms with Crippen molar-refractivity contribution in [1.29, 1.82) is 5.26 Å².